The van der Waals surface area contributed by atoms with Crippen LogP contribution in [0.4, 0.5) is 10.1 Å². The number of hydrogen-bond acceptors (Lipinski definition) is 3. The minimum Gasteiger partial charge on any atom is -0.494 e. The molecule has 0 aliphatic heterocycles. The van der Waals surface area contributed by atoms with Crippen LogP contribution in [0.15, 0.2) is 18.2 Å². The average molecular weight is 291 g/mol. The highest BCUT2D eigenvalue weighted by molar-refractivity contribution is 5.94. The Balaban J connectivity index is 0.00000324. The predicted octanol–water partition coefficient (Wildman–Crippen LogP) is 2.57. The van der Waals surface area contributed by atoms with E-state index in [9.17, 15) is 9.18 Å². The highest BCUT2D eigenvalue weighted by Crippen LogP contribution is 2.21. The van der Waals surface area contributed by atoms with Crippen LogP contribution in [-0.4, -0.2) is 19.1 Å². The maximum Gasteiger partial charge on any atom is 0.241 e. The van der Waals surface area contributed by atoms with E-state index in [0.717, 1.165) is 6.42 Å². The summed E-state index contributed by atoms with van der Waals surface area (Å²) in [6.07, 6.45) is 0.811. The van der Waals surface area contributed by atoms with Crippen LogP contribution < -0.4 is 15.8 Å². The van der Waals surface area contributed by atoms with E-state index in [2.05, 4.69) is 5.32 Å². The topological polar surface area (TPSA) is 64.4 Å². The van der Waals surface area contributed by atoms with Crippen molar-refractivity contribution in [3.05, 3.63) is 24.0 Å². The minimum atomic E-state index is -0.597. The van der Waals surface area contributed by atoms with Crippen LogP contribution in [0.2, 0.25) is 0 Å². The molecule has 0 aliphatic rings. The fourth-order valence-electron chi connectivity index (χ4n) is 1.48. The first kappa shape index (κ1) is 17.7. The van der Waals surface area contributed by atoms with Crippen LogP contribution >= 0.6 is 12.4 Å². The molecule has 1 rings (SSSR count). The van der Waals surface area contributed by atoms with Crippen molar-refractivity contribution in [1.82, 2.24) is 0 Å². The number of rotatable bonds is 5. The standard InChI is InChI=1S/C13H19FN2O2.ClH/c1-4-8(2)12(15)13(17)16-9-5-6-11(18-3)10(14)7-9;/h5-8,12H,4,15H2,1-3H3,(H,16,17);1H. The molecule has 0 aliphatic carbocycles. The first-order valence-electron chi connectivity index (χ1n) is 5.89. The third kappa shape index (κ3) is 4.69. The molecule has 0 heterocycles. The Hall–Kier alpha value is -1.33. The lowest BCUT2D eigenvalue weighted by atomic mass is 9.99. The van der Waals surface area contributed by atoms with Crippen LogP contribution in [0.5, 0.6) is 5.75 Å². The van der Waals surface area contributed by atoms with Gasteiger partial charge in [-0.1, -0.05) is 20.3 Å². The molecule has 3 N–H and O–H groups in total. The summed E-state index contributed by atoms with van der Waals surface area (Å²) in [7, 11) is 1.38. The van der Waals surface area contributed by atoms with Crippen molar-refractivity contribution >= 4 is 24.0 Å². The van der Waals surface area contributed by atoms with Gasteiger partial charge >= 0.3 is 0 Å². The number of nitrogens with two attached hydrogens (primary N) is 1. The summed E-state index contributed by atoms with van der Waals surface area (Å²) in [5, 5.41) is 2.59. The lowest BCUT2D eigenvalue weighted by Gasteiger charge is -2.17. The van der Waals surface area contributed by atoms with Gasteiger partial charge in [0.1, 0.15) is 0 Å². The fraction of sp³-hybridized carbons (Fsp3) is 0.462. The Labute approximate surface area is 118 Å². The number of amides is 1. The molecule has 108 valence electrons. The van der Waals surface area contributed by atoms with Crippen molar-refractivity contribution < 1.29 is 13.9 Å². The zero-order valence-electron chi connectivity index (χ0n) is 11.3. The molecule has 0 bridgehead atoms. The lowest BCUT2D eigenvalue weighted by Crippen LogP contribution is -2.40. The van der Waals surface area contributed by atoms with Gasteiger partial charge in [0.2, 0.25) is 5.91 Å². The number of carbonyl (C=O) groups is 1. The molecule has 1 aromatic rings. The molecule has 0 spiro atoms. The smallest absolute Gasteiger partial charge is 0.241 e. The number of ether oxygens (including phenoxy) is 1. The molecule has 0 fully saturated rings. The van der Waals surface area contributed by atoms with Crippen molar-refractivity contribution in [2.75, 3.05) is 12.4 Å². The number of nitrogens with one attached hydrogen (secondary N) is 1. The Morgan fingerprint density at radius 2 is 2.16 bits per heavy atom. The molecule has 6 heteroatoms. The van der Waals surface area contributed by atoms with Gasteiger partial charge in [-0.3, -0.25) is 4.79 Å². The normalized spacial score (nSPS) is 13.1. The second-order valence-electron chi connectivity index (χ2n) is 4.25. The number of halogens is 2. The maximum atomic E-state index is 13.4. The summed E-state index contributed by atoms with van der Waals surface area (Å²) in [6, 6.07) is 3.64. The third-order valence-electron chi connectivity index (χ3n) is 2.98. The van der Waals surface area contributed by atoms with E-state index in [-0.39, 0.29) is 30.0 Å². The molecule has 19 heavy (non-hydrogen) atoms. The molecule has 4 nitrogen and oxygen atoms in total. The first-order chi connectivity index (χ1) is 8.49. The largest absolute Gasteiger partial charge is 0.494 e. The van der Waals surface area contributed by atoms with Crippen LogP contribution in [0.25, 0.3) is 0 Å². The van der Waals surface area contributed by atoms with Gasteiger partial charge in [0, 0.05) is 11.8 Å². The van der Waals surface area contributed by atoms with Crippen LogP contribution in [-0.2, 0) is 4.79 Å². The zero-order chi connectivity index (χ0) is 13.7. The van der Waals surface area contributed by atoms with Gasteiger partial charge < -0.3 is 15.8 Å². The SMILES string of the molecule is CCC(C)C(N)C(=O)Nc1ccc(OC)c(F)c1.Cl. The molecule has 0 saturated carbocycles. The summed E-state index contributed by atoms with van der Waals surface area (Å²) in [5.41, 5.74) is 6.16. The zero-order valence-corrected chi connectivity index (χ0v) is 12.1. The number of anilines is 1. The van der Waals surface area contributed by atoms with Gasteiger partial charge in [-0.25, -0.2) is 4.39 Å². The van der Waals surface area contributed by atoms with Gasteiger partial charge in [-0.15, -0.1) is 12.4 Å². The van der Waals surface area contributed by atoms with Crippen molar-refractivity contribution in [2.45, 2.75) is 26.3 Å². The first-order valence-corrected chi connectivity index (χ1v) is 5.89. The highest BCUT2D eigenvalue weighted by atomic mass is 35.5. The van der Waals surface area contributed by atoms with Gasteiger partial charge in [0.05, 0.1) is 13.2 Å². The van der Waals surface area contributed by atoms with E-state index in [1.807, 2.05) is 13.8 Å². The minimum absolute atomic E-state index is 0. The Kier molecular flexibility index (Phi) is 7.41. The number of benzene rings is 1. The number of methoxy groups -OCH3 is 1. The fourth-order valence-corrected chi connectivity index (χ4v) is 1.48. The maximum absolute atomic E-state index is 13.4. The second-order valence-corrected chi connectivity index (χ2v) is 4.25. The summed E-state index contributed by atoms with van der Waals surface area (Å²) in [5.74, 6) is -0.617. The number of carbonyl (C=O) groups excluding carboxylic acids is 1. The monoisotopic (exact) mass is 290 g/mol. The molecule has 1 amide bonds. The van der Waals surface area contributed by atoms with E-state index in [0.29, 0.717) is 5.69 Å². The van der Waals surface area contributed by atoms with Crippen molar-refractivity contribution in [3.8, 4) is 5.75 Å². The molecule has 0 aromatic heterocycles. The quantitative estimate of drug-likeness (QED) is 0.876. The summed E-state index contributed by atoms with van der Waals surface area (Å²) >= 11 is 0. The summed E-state index contributed by atoms with van der Waals surface area (Å²) in [4.78, 5) is 11.8. The van der Waals surface area contributed by atoms with E-state index in [4.69, 9.17) is 10.5 Å². The molecule has 0 saturated heterocycles. The van der Waals surface area contributed by atoms with Crippen LogP contribution in [0.3, 0.4) is 0 Å². The highest BCUT2D eigenvalue weighted by Gasteiger charge is 2.19. The molecular formula is C13H20ClFN2O2. The van der Waals surface area contributed by atoms with Crippen molar-refractivity contribution in [3.63, 3.8) is 0 Å². The molecule has 0 radical (unpaired) electrons. The van der Waals surface area contributed by atoms with Gasteiger partial charge in [-0.2, -0.15) is 0 Å². The van der Waals surface area contributed by atoms with Crippen molar-refractivity contribution in [1.29, 1.82) is 0 Å². The van der Waals surface area contributed by atoms with Gasteiger partial charge in [-0.05, 0) is 18.1 Å². The van der Waals surface area contributed by atoms with E-state index >= 15 is 0 Å². The molecule has 2 atom stereocenters. The summed E-state index contributed by atoms with van der Waals surface area (Å²) < 4.78 is 18.2. The van der Waals surface area contributed by atoms with Gasteiger partial charge in [0.25, 0.3) is 0 Å². The van der Waals surface area contributed by atoms with Gasteiger partial charge in [0.15, 0.2) is 11.6 Å². The van der Waals surface area contributed by atoms with E-state index in [1.165, 1.54) is 19.2 Å². The van der Waals surface area contributed by atoms with Crippen LogP contribution in [0, 0.1) is 11.7 Å². The van der Waals surface area contributed by atoms with Crippen molar-refractivity contribution in [2.24, 2.45) is 11.7 Å². The van der Waals surface area contributed by atoms with E-state index < -0.39 is 11.9 Å². The Bertz CT molecular complexity index is 429. The Morgan fingerprint density at radius 1 is 1.53 bits per heavy atom. The second kappa shape index (κ2) is 7.96. The summed E-state index contributed by atoms with van der Waals surface area (Å²) in [6.45, 7) is 3.86. The lowest BCUT2D eigenvalue weighted by molar-refractivity contribution is -0.118. The molecule has 2 unspecified atom stereocenters. The predicted molar refractivity (Wildman–Crippen MR) is 76.3 cm³/mol. The average Bonchev–Trinajstić information content (AvgIpc) is 2.37. The number of hydrogen-bond donors (Lipinski definition) is 2. The Morgan fingerprint density at radius 3 is 2.63 bits per heavy atom. The van der Waals surface area contributed by atoms with E-state index in [1.54, 1.807) is 6.07 Å². The molecular weight excluding hydrogens is 271 g/mol. The molecule has 1 aromatic carbocycles. The van der Waals surface area contributed by atoms with Crippen LogP contribution in [0.1, 0.15) is 20.3 Å². The third-order valence-corrected chi connectivity index (χ3v) is 2.98.